The Bertz CT molecular complexity index is 292. The van der Waals surface area contributed by atoms with Gasteiger partial charge in [-0.05, 0) is 6.42 Å². The summed E-state index contributed by atoms with van der Waals surface area (Å²) in [5, 5.41) is 0. The van der Waals surface area contributed by atoms with E-state index in [1.54, 1.807) is 6.92 Å². The fourth-order valence-electron chi connectivity index (χ4n) is 0.293. The number of rotatable bonds is 6. The van der Waals surface area contributed by atoms with Crippen LogP contribution >= 0.6 is 57.6 Å². The molecule has 0 heterocycles. The topological polar surface area (TPSA) is 146 Å². The minimum absolute atomic E-state index is 0. The summed E-state index contributed by atoms with van der Waals surface area (Å²) in [6.07, 6.45) is 0.717. The molecule has 0 amide bonds. The van der Waals surface area contributed by atoms with Crippen LogP contribution in [0.1, 0.15) is 35.1 Å². The van der Waals surface area contributed by atoms with Gasteiger partial charge in [-0.3, -0.25) is 32.2 Å². The third-order valence-corrected chi connectivity index (χ3v) is 2.30. The van der Waals surface area contributed by atoms with Gasteiger partial charge >= 0.3 is 14.7 Å². The number of hydrogen-bond acceptors (Lipinski definition) is 9. The molecule has 23 heavy (non-hydrogen) atoms. The van der Waals surface area contributed by atoms with Crippen LogP contribution in [-0.2, 0) is 41.3 Å². The van der Waals surface area contributed by atoms with Crippen molar-refractivity contribution < 1.29 is 41.3 Å². The second-order valence-electron chi connectivity index (χ2n) is 2.28. The Morgan fingerprint density at radius 3 is 1.17 bits per heavy atom. The van der Waals surface area contributed by atoms with Gasteiger partial charge in [0.1, 0.15) is 0 Å². The maximum Gasteiger partial charge on any atom is 0.398 e. The lowest BCUT2D eigenvalue weighted by Gasteiger charge is -2.00. The molecule has 0 fully saturated rings. The SMILES string of the molecule is C.C.CCC(C)C(=O)OP=O.O=PP=O.O=PP=O.O=PP=O. The molecule has 9 nitrogen and oxygen atoms in total. The van der Waals surface area contributed by atoms with Gasteiger partial charge in [-0.25, -0.2) is 4.57 Å². The summed E-state index contributed by atoms with van der Waals surface area (Å²) >= 11 is 0. The quantitative estimate of drug-likeness (QED) is 0.366. The number of carbonyl (C=O) groups is 1. The molecule has 0 saturated carbocycles. The highest BCUT2D eigenvalue weighted by Crippen LogP contribution is 2.10. The maximum absolute atomic E-state index is 10.5. The summed E-state index contributed by atoms with van der Waals surface area (Å²) in [6.45, 7) is 3.60. The molecule has 0 bridgehead atoms. The van der Waals surface area contributed by atoms with E-state index in [0.717, 1.165) is 0 Å². The van der Waals surface area contributed by atoms with Crippen molar-refractivity contribution in [2.45, 2.75) is 35.1 Å². The average Bonchev–Trinajstić information content (AvgIpc) is 2.54. The standard InChI is InChI=1S/C5H9O3P.2CH4.3O2P2/c1-3-4(2)5(6)8-9-7;;;3*1-3-4-2/h4H,3H2,1-2H3;2*1H4;;;. The first kappa shape index (κ1) is 38.6. The van der Waals surface area contributed by atoms with E-state index >= 15 is 0 Å². The Balaban J connectivity index is -0.0000000444. The van der Waals surface area contributed by atoms with Crippen molar-refractivity contribution in [3.05, 3.63) is 0 Å². The summed E-state index contributed by atoms with van der Waals surface area (Å²) in [6, 6.07) is 0. The van der Waals surface area contributed by atoms with E-state index in [2.05, 4.69) is 4.52 Å². The average molecular weight is 462 g/mol. The van der Waals surface area contributed by atoms with Gasteiger partial charge in [0.2, 0.25) is 0 Å². The molecule has 134 valence electrons. The van der Waals surface area contributed by atoms with E-state index in [1.165, 1.54) is 0 Å². The normalized spacial score (nSPS) is 9.83. The minimum atomic E-state index is -0.556. The summed E-state index contributed by atoms with van der Waals surface area (Å²) in [5.41, 5.74) is 0. The van der Waals surface area contributed by atoms with Gasteiger partial charge < -0.3 is 4.52 Å². The third-order valence-electron chi connectivity index (χ3n) is 1.24. The number of carbonyl (C=O) groups excluding carboxylic acids is 1. The van der Waals surface area contributed by atoms with Crippen LogP contribution in [0.25, 0.3) is 0 Å². The minimum Gasteiger partial charge on any atom is -0.373 e. The fraction of sp³-hybridized carbons (Fsp3) is 0.857. The zero-order chi connectivity index (χ0) is 17.5. The Morgan fingerprint density at radius 2 is 1.04 bits per heavy atom. The summed E-state index contributed by atoms with van der Waals surface area (Å²) in [5.74, 6) is -0.555. The van der Waals surface area contributed by atoms with E-state index in [4.69, 9.17) is 27.4 Å². The molecular weight excluding hydrogens is 445 g/mol. The Morgan fingerprint density at radius 1 is 0.783 bits per heavy atom. The zero-order valence-electron chi connectivity index (χ0n) is 10.6. The molecule has 1 unspecified atom stereocenters. The molecule has 0 radical (unpaired) electrons. The molecule has 0 aliphatic rings. The molecule has 0 aliphatic heterocycles. The summed E-state index contributed by atoms with van der Waals surface area (Å²) in [4.78, 5) is 10.5. The Kier molecular flexibility index (Phi) is 72.5. The van der Waals surface area contributed by atoms with E-state index in [1.807, 2.05) is 6.92 Å². The predicted molar refractivity (Wildman–Crippen MR) is 92.3 cm³/mol. The summed E-state index contributed by atoms with van der Waals surface area (Å²) < 4.78 is 67.5. The van der Waals surface area contributed by atoms with E-state index in [-0.39, 0.29) is 69.7 Å². The first-order valence-electron chi connectivity index (χ1n) is 4.45. The lowest BCUT2D eigenvalue weighted by Crippen LogP contribution is -2.08. The van der Waals surface area contributed by atoms with Crippen LogP contribution in [-0.4, -0.2) is 5.97 Å². The van der Waals surface area contributed by atoms with Crippen molar-refractivity contribution in [3.8, 4) is 0 Å². The smallest absolute Gasteiger partial charge is 0.373 e. The molecule has 1 atom stereocenters. The van der Waals surface area contributed by atoms with Crippen LogP contribution in [0.2, 0.25) is 0 Å². The fourth-order valence-corrected chi connectivity index (χ4v) is 0.547. The predicted octanol–water partition coefficient (Wildman–Crippen LogP) is 7.51. The van der Waals surface area contributed by atoms with Crippen LogP contribution in [0.5, 0.6) is 0 Å². The first-order chi connectivity index (χ1) is 9.96. The van der Waals surface area contributed by atoms with Crippen LogP contribution in [0.3, 0.4) is 0 Å². The van der Waals surface area contributed by atoms with Gasteiger partial charge in [-0.2, -0.15) is 0 Å². The van der Waals surface area contributed by atoms with Gasteiger partial charge in [-0.1, -0.05) is 28.7 Å². The van der Waals surface area contributed by atoms with Gasteiger partial charge in [-0.15, -0.1) is 0 Å². The molecule has 0 aromatic rings. The molecule has 0 N–H and O–H groups in total. The molecule has 0 aromatic carbocycles. The van der Waals surface area contributed by atoms with Crippen molar-refractivity contribution in [1.29, 1.82) is 0 Å². The van der Waals surface area contributed by atoms with Crippen molar-refractivity contribution in [3.63, 3.8) is 0 Å². The lowest BCUT2D eigenvalue weighted by atomic mass is 10.1. The van der Waals surface area contributed by atoms with Crippen molar-refractivity contribution >= 4 is 63.5 Å². The van der Waals surface area contributed by atoms with Crippen LogP contribution in [0, 0.1) is 5.92 Å². The molecular formula is C7H17O9P7. The molecule has 0 rings (SSSR count). The van der Waals surface area contributed by atoms with Crippen LogP contribution in [0.4, 0.5) is 0 Å². The molecule has 0 aromatic heterocycles. The van der Waals surface area contributed by atoms with Gasteiger partial charge in [0.15, 0.2) is 0 Å². The third kappa shape index (κ3) is 60.9. The van der Waals surface area contributed by atoms with E-state index < -0.39 is 14.7 Å². The highest BCUT2D eigenvalue weighted by Gasteiger charge is 2.10. The monoisotopic (exact) mass is 462 g/mol. The van der Waals surface area contributed by atoms with Crippen LogP contribution < -0.4 is 0 Å². The highest BCUT2D eigenvalue weighted by atomic mass is 32.0. The van der Waals surface area contributed by atoms with Crippen molar-refractivity contribution in [2.75, 3.05) is 0 Å². The Hall–Kier alpha value is 0.170. The molecule has 16 heteroatoms. The van der Waals surface area contributed by atoms with Crippen molar-refractivity contribution in [2.24, 2.45) is 5.92 Å². The van der Waals surface area contributed by atoms with E-state index in [0.29, 0.717) is 6.42 Å². The summed E-state index contributed by atoms with van der Waals surface area (Å²) in [7, 11) is -2.57. The van der Waals surface area contributed by atoms with Crippen LogP contribution in [0.15, 0.2) is 0 Å². The maximum atomic E-state index is 10.5. The van der Waals surface area contributed by atoms with Crippen molar-refractivity contribution in [1.82, 2.24) is 0 Å². The zero-order valence-corrected chi connectivity index (χ0v) is 16.9. The van der Waals surface area contributed by atoms with E-state index in [9.17, 15) is 9.36 Å². The molecule has 0 aliphatic carbocycles. The highest BCUT2D eigenvalue weighted by molar-refractivity contribution is 7.99. The van der Waals surface area contributed by atoms with Gasteiger partial charge in [0, 0.05) is 0 Å². The Labute approximate surface area is 146 Å². The molecule has 0 spiro atoms. The molecule has 0 saturated heterocycles. The van der Waals surface area contributed by atoms with Gasteiger partial charge in [0.05, 0.1) is 5.92 Å². The second-order valence-corrected chi connectivity index (χ2v) is 6.53. The van der Waals surface area contributed by atoms with Gasteiger partial charge in [0.25, 0.3) is 48.9 Å². The first-order valence-corrected chi connectivity index (χ1v) is 12.2. The largest absolute Gasteiger partial charge is 0.398 e. The second kappa shape index (κ2) is 43.2. The number of hydrogen-bond donors (Lipinski definition) is 0. The lowest BCUT2D eigenvalue weighted by molar-refractivity contribution is -0.137.